The Kier molecular flexibility index (Phi) is 4.00. The van der Waals surface area contributed by atoms with Crippen molar-refractivity contribution in [2.24, 2.45) is 0 Å². The minimum absolute atomic E-state index is 0.268. The summed E-state index contributed by atoms with van der Waals surface area (Å²) in [4.78, 5) is 1.43. The molecule has 6 heteroatoms. The van der Waals surface area contributed by atoms with Crippen LogP contribution in [-0.2, 0) is 16.6 Å². The molecular formula is C12H14N2O2S2. The molecule has 0 fully saturated rings. The monoisotopic (exact) mass is 282 g/mol. The van der Waals surface area contributed by atoms with E-state index in [0.29, 0.717) is 12.2 Å². The molecule has 0 amide bonds. The van der Waals surface area contributed by atoms with Gasteiger partial charge in [-0.25, -0.2) is 13.1 Å². The zero-order valence-corrected chi connectivity index (χ0v) is 11.5. The van der Waals surface area contributed by atoms with Gasteiger partial charge in [0.05, 0.1) is 5.69 Å². The molecule has 18 heavy (non-hydrogen) atoms. The Bertz CT molecular complexity index is 607. The lowest BCUT2D eigenvalue weighted by atomic mass is 10.3. The molecule has 1 heterocycles. The predicted molar refractivity (Wildman–Crippen MR) is 74.3 cm³/mol. The molecule has 0 atom stereocenters. The third-order valence-electron chi connectivity index (χ3n) is 2.48. The molecule has 0 spiro atoms. The predicted octanol–water partition coefficient (Wildman–Crippen LogP) is 2.27. The maximum absolute atomic E-state index is 11.8. The normalized spacial score (nSPS) is 11.4. The number of benzene rings is 1. The summed E-state index contributed by atoms with van der Waals surface area (Å²) in [5, 5.41) is 5.14. The fourth-order valence-corrected chi connectivity index (χ4v) is 3.10. The second kappa shape index (κ2) is 5.51. The van der Waals surface area contributed by atoms with E-state index >= 15 is 0 Å². The van der Waals surface area contributed by atoms with Gasteiger partial charge in [0, 0.05) is 11.4 Å². The van der Waals surface area contributed by atoms with Crippen LogP contribution in [-0.4, -0.2) is 15.5 Å². The number of sulfonamides is 1. The maximum atomic E-state index is 11.8. The van der Waals surface area contributed by atoms with Gasteiger partial charge < -0.3 is 5.32 Å². The topological polar surface area (TPSA) is 58.2 Å². The van der Waals surface area contributed by atoms with Crippen molar-refractivity contribution in [2.75, 3.05) is 12.4 Å². The lowest BCUT2D eigenvalue weighted by Crippen LogP contribution is -2.20. The van der Waals surface area contributed by atoms with Crippen LogP contribution in [0.3, 0.4) is 0 Å². The van der Waals surface area contributed by atoms with Crippen LogP contribution in [0.5, 0.6) is 0 Å². The van der Waals surface area contributed by atoms with Crippen LogP contribution in [0, 0.1) is 0 Å². The molecule has 2 aromatic rings. The van der Waals surface area contributed by atoms with Crippen LogP contribution in [0.1, 0.15) is 4.88 Å². The van der Waals surface area contributed by atoms with E-state index in [1.54, 1.807) is 29.5 Å². The van der Waals surface area contributed by atoms with Crippen LogP contribution in [0.2, 0.25) is 0 Å². The summed E-state index contributed by atoms with van der Waals surface area (Å²) in [6, 6.07) is 10.8. The molecule has 0 radical (unpaired) electrons. The molecule has 0 aliphatic rings. The highest BCUT2D eigenvalue weighted by Crippen LogP contribution is 2.21. The van der Waals surface area contributed by atoms with Crippen LogP contribution in [0.4, 0.5) is 5.69 Å². The van der Waals surface area contributed by atoms with E-state index in [0.717, 1.165) is 4.88 Å². The first-order valence-corrected chi connectivity index (χ1v) is 7.78. The molecule has 2 rings (SSSR count). The molecule has 4 nitrogen and oxygen atoms in total. The van der Waals surface area contributed by atoms with Crippen molar-refractivity contribution in [3.05, 3.63) is 46.7 Å². The average molecular weight is 282 g/mol. The van der Waals surface area contributed by atoms with E-state index in [4.69, 9.17) is 0 Å². The van der Waals surface area contributed by atoms with Gasteiger partial charge in [-0.15, -0.1) is 11.3 Å². The Balaban J connectivity index is 2.23. The summed E-state index contributed by atoms with van der Waals surface area (Å²) >= 11 is 1.63. The van der Waals surface area contributed by atoms with E-state index in [2.05, 4.69) is 10.0 Å². The van der Waals surface area contributed by atoms with Gasteiger partial charge in [0.2, 0.25) is 10.0 Å². The smallest absolute Gasteiger partial charge is 0.242 e. The molecule has 0 saturated heterocycles. The van der Waals surface area contributed by atoms with Crippen LogP contribution in [0.25, 0.3) is 0 Å². The molecule has 0 unspecified atom stereocenters. The Morgan fingerprint density at radius 3 is 2.61 bits per heavy atom. The standard InChI is InChI=1S/C12H14N2O2S2/c1-13-18(15,16)12-7-3-2-6-11(12)14-9-10-5-4-8-17-10/h2-8,13-14H,9H2,1H3. The van der Waals surface area contributed by atoms with Gasteiger partial charge in [-0.05, 0) is 30.6 Å². The Morgan fingerprint density at radius 2 is 1.94 bits per heavy atom. The number of para-hydroxylation sites is 1. The summed E-state index contributed by atoms with van der Waals surface area (Å²) in [6.07, 6.45) is 0. The van der Waals surface area contributed by atoms with Crippen molar-refractivity contribution in [1.82, 2.24) is 4.72 Å². The van der Waals surface area contributed by atoms with E-state index in [-0.39, 0.29) is 4.90 Å². The van der Waals surface area contributed by atoms with Crippen molar-refractivity contribution in [3.63, 3.8) is 0 Å². The highest BCUT2D eigenvalue weighted by atomic mass is 32.2. The van der Waals surface area contributed by atoms with Gasteiger partial charge in [-0.1, -0.05) is 18.2 Å². The minimum atomic E-state index is -3.43. The van der Waals surface area contributed by atoms with Gasteiger partial charge >= 0.3 is 0 Å². The van der Waals surface area contributed by atoms with Crippen molar-refractivity contribution in [1.29, 1.82) is 0 Å². The number of nitrogens with one attached hydrogen (secondary N) is 2. The quantitative estimate of drug-likeness (QED) is 0.884. The molecule has 2 N–H and O–H groups in total. The van der Waals surface area contributed by atoms with Crippen molar-refractivity contribution >= 4 is 27.0 Å². The second-order valence-electron chi connectivity index (χ2n) is 3.64. The highest BCUT2D eigenvalue weighted by molar-refractivity contribution is 7.89. The van der Waals surface area contributed by atoms with Gasteiger partial charge in [0.25, 0.3) is 0 Å². The molecule has 0 bridgehead atoms. The maximum Gasteiger partial charge on any atom is 0.242 e. The van der Waals surface area contributed by atoms with Crippen molar-refractivity contribution in [2.45, 2.75) is 11.4 Å². The summed E-state index contributed by atoms with van der Waals surface area (Å²) in [6.45, 7) is 0.619. The SMILES string of the molecule is CNS(=O)(=O)c1ccccc1NCc1cccs1. The second-order valence-corrected chi connectivity index (χ2v) is 6.52. The first-order valence-electron chi connectivity index (χ1n) is 5.42. The number of thiophene rings is 1. The average Bonchev–Trinajstić information content (AvgIpc) is 2.90. The van der Waals surface area contributed by atoms with Crippen LogP contribution in [0.15, 0.2) is 46.7 Å². The van der Waals surface area contributed by atoms with Crippen molar-refractivity contribution < 1.29 is 8.42 Å². The van der Waals surface area contributed by atoms with Gasteiger partial charge in [0.15, 0.2) is 0 Å². The molecule has 0 saturated carbocycles. The van der Waals surface area contributed by atoms with E-state index in [9.17, 15) is 8.42 Å². The fourth-order valence-electron chi connectivity index (χ4n) is 1.55. The molecular weight excluding hydrogens is 268 g/mol. The van der Waals surface area contributed by atoms with Crippen LogP contribution >= 0.6 is 11.3 Å². The first-order chi connectivity index (χ1) is 8.63. The summed E-state index contributed by atoms with van der Waals surface area (Å²) in [7, 11) is -2.02. The third-order valence-corrected chi connectivity index (χ3v) is 4.83. The fraction of sp³-hybridized carbons (Fsp3) is 0.167. The number of anilines is 1. The zero-order valence-electron chi connectivity index (χ0n) is 9.88. The summed E-state index contributed by atoms with van der Waals surface area (Å²) in [5.74, 6) is 0. The number of rotatable bonds is 5. The largest absolute Gasteiger partial charge is 0.379 e. The Morgan fingerprint density at radius 1 is 1.17 bits per heavy atom. The number of hydrogen-bond acceptors (Lipinski definition) is 4. The van der Waals surface area contributed by atoms with Crippen LogP contribution < -0.4 is 10.0 Å². The Hall–Kier alpha value is -1.37. The lowest BCUT2D eigenvalue weighted by Gasteiger charge is -2.11. The Labute approximate surface area is 111 Å². The van der Waals surface area contributed by atoms with Gasteiger partial charge in [-0.3, -0.25) is 0 Å². The first kappa shape index (κ1) is 13.1. The molecule has 1 aromatic heterocycles. The third kappa shape index (κ3) is 2.90. The van der Waals surface area contributed by atoms with Crippen molar-refractivity contribution in [3.8, 4) is 0 Å². The number of hydrogen-bond donors (Lipinski definition) is 2. The molecule has 1 aromatic carbocycles. The summed E-state index contributed by atoms with van der Waals surface area (Å²) < 4.78 is 26.0. The van der Waals surface area contributed by atoms with E-state index in [1.165, 1.54) is 7.05 Å². The van der Waals surface area contributed by atoms with Gasteiger partial charge in [-0.2, -0.15) is 0 Å². The molecule has 0 aliphatic carbocycles. The molecule has 96 valence electrons. The zero-order chi connectivity index (χ0) is 13.0. The molecule has 0 aliphatic heterocycles. The van der Waals surface area contributed by atoms with E-state index < -0.39 is 10.0 Å². The minimum Gasteiger partial charge on any atom is -0.379 e. The van der Waals surface area contributed by atoms with Gasteiger partial charge in [0.1, 0.15) is 4.90 Å². The highest BCUT2D eigenvalue weighted by Gasteiger charge is 2.15. The lowest BCUT2D eigenvalue weighted by molar-refractivity contribution is 0.588. The summed E-state index contributed by atoms with van der Waals surface area (Å²) in [5.41, 5.74) is 0.611. The van der Waals surface area contributed by atoms with E-state index in [1.807, 2.05) is 23.6 Å².